The lowest BCUT2D eigenvalue weighted by atomic mass is 10.2. The molecule has 0 heterocycles. The van der Waals surface area contributed by atoms with Gasteiger partial charge in [0.2, 0.25) is 5.91 Å². The molecule has 0 aliphatic rings. The van der Waals surface area contributed by atoms with E-state index >= 15 is 0 Å². The molecule has 9 heteroatoms. The number of primary amides is 1. The number of alkyl halides is 3. The fourth-order valence-electron chi connectivity index (χ4n) is 1.19. The number of hydrogen-bond donors (Lipinski definition) is 2. The second-order valence-electron chi connectivity index (χ2n) is 3.74. The minimum atomic E-state index is -5.36. The molecule has 0 spiro atoms. The normalized spacial score (nSPS) is 13.9. The highest BCUT2D eigenvalue weighted by atomic mass is 32.2. The summed E-state index contributed by atoms with van der Waals surface area (Å²) < 4.78 is 59.0. The summed E-state index contributed by atoms with van der Waals surface area (Å²) in [7, 11) is -5.36. The van der Waals surface area contributed by atoms with Crippen molar-refractivity contribution < 1.29 is 26.4 Å². The third-order valence-corrected chi connectivity index (χ3v) is 3.78. The van der Waals surface area contributed by atoms with Crippen molar-refractivity contribution in [3.63, 3.8) is 0 Å². The molecule has 0 aromatic heterocycles. The van der Waals surface area contributed by atoms with Crippen LogP contribution in [0.15, 0.2) is 29.2 Å². The zero-order valence-corrected chi connectivity index (χ0v) is 10.5. The Hall–Kier alpha value is -1.77. The molecule has 106 valence electrons. The maximum absolute atomic E-state index is 12.3. The zero-order chi connectivity index (χ0) is 14.8. The average molecular weight is 296 g/mol. The molecule has 3 N–H and O–H groups in total. The number of amides is 1. The molecule has 1 unspecified atom stereocenters. The van der Waals surface area contributed by atoms with Gasteiger partial charge in [0.05, 0.1) is 4.90 Å². The summed E-state index contributed by atoms with van der Waals surface area (Å²) in [6.45, 7) is 1.46. The van der Waals surface area contributed by atoms with Crippen molar-refractivity contribution in [2.24, 2.45) is 5.73 Å². The SMILES string of the molecule is CC(Nc1ccc(S(=O)(=O)C(F)(F)F)cc1)C(N)=O. The monoisotopic (exact) mass is 296 g/mol. The molecule has 0 saturated heterocycles. The number of sulfone groups is 1. The summed E-state index contributed by atoms with van der Waals surface area (Å²) in [5, 5.41) is 2.61. The topological polar surface area (TPSA) is 89.3 Å². The van der Waals surface area contributed by atoms with Gasteiger partial charge in [-0.1, -0.05) is 0 Å². The standard InChI is InChI=1S/C10H11F3N2O3S/c1-6(9(14)16)15-7-2-4-8(5-3-7)19(17,18)10(11,12)13/h2-6,15H,1H3,(H2,14,16). The molecule has 1 aromatic carbocycles. The number of carbonyl (C=O) groups is 1. The molecule has 0 saturated carbocycles. The third kappa shape index (κ3) is 3.37. The molecule has 0 aliphatic carbocycles. The van der Waals surface area contributed by atoms with Crippen LogP contribution in [0.5, 0.6) is 0 Å². The highest BCUT2D eigenvalue weighted by Crippen LogP contribution is 2.30. The van der Waals surface area contributed by atoms with E-state index in [9.17, 15) is 26.4 Å². The van der Waals surface area contributed by atoms with E-state index in [0.29, 0.717) is 0 Å². The van der Waals surface area contributed by atoms with E-state index in [4.69, 9.17) is 5.73 Å². The molecular formula is C10H11F3N2O3S. The van der Waals surface area contributed by atoms with Gasteiger partial charge in [-0.2, -0.15) is 13.2 Å². The van der Waals surface area contributed by atoms with E-state index in [1.165, 1.54) is 6.92 Å². The molecule has 1 amide bonds. The molecule has 0 bridgehead atoms. The predicted molar refractivity (Wildman–Crippen MR) is 62.0 cm³/mol. The second-order valence-corrected chi connectivity index (χ2v) is 5.68. The average Bonchev–Trinajstić information content (AvgIpc) is 2.28. The van der Waals surface area contributed by atoms with Gasteiger partial charge in [-0.05, 0) is 31.2 Å². The summed E-state index contributed by atoms with van der Waals surface area (Å²) in [4.78, 5) is 9.91. The molecule has 1 atom stereocenters. The number of hydrogen-bond acceptors (Lipinski definition) is 4. The van der Waals surface area contributed by atoms with Crippen LogP contribution in [0, 0.1) is 0 Å². The van der Waals surface area contributed by atoms with Gasteiger partial charge in [-0.3, -0.25) is 4.79 Å². The third-order valence-electron chi connectivity index (χ3n) is 2.28. The number of benzene rings is 1. The molecule has 0 fully saturated rings. The lowest BCUT2D eigenvalue weighted by Crippen LogP contribution is -2.32. The van der Waals surface area contributed by atoms with Crippen LogP contribution >= 0.6 is 0 Å². The Morgan fingerprint density at radius 3 is 2.11 bits per heavy atom. The minimum Gasteiger partial charge on any atom is -0.374 e. The Labute approximate surface area is 107 Å². The number of nitrogens with two attached hydrogens (primary N) is 1. The first-order valence-electron chi connectivity index (χ1n) is 5.03. The van der Waals surface area contributed by atoms with Crippen molar-refractivity contribution in [2.45, 2.75) is 23.4 Å². The van der Waals surface area contributed by atoms with Gasteiger partial charge in [-0.25, -0.2) is 8.42 Å². The lowest BCUT2D eigenvalue weighted by Gasteiger charge is -2.12. The van der Waals surface area contributed by atoms with Crippen molar-refractivity contribution in [1.82, 2.24) is 0 Å². The minimum absolute atomic E-state index is 0.285. The number of rotatable bonds is 4. The van der Waals surface area contributed by atoms with Crippen molar-refractivity contribution in [3.05, 3.63) is 24.3 Å². The van der Waals surface area contributed by atoms with E-state index in [0.717, 1.165) is 24.3 Å². The van der Waals surface area contributed by atoms with Crippen LogP contribution in [0.25, 0.3) is 0 Å². The van der Waals surface area contributed by atoms with Gasteiger partial charge in [0.25, 0.3) is 9.84 Å². The molecule has 19 heavy (non-hydrogen) atoms. The number of halogens is 3. The highest BCUT2D eigenvalue weighted by Gasteiger charge is 2.46. The number of carbonyl (C=O) groups excluding carboxylic acids is 1. The summed E-state index contributed by atoms with van der Waals surface area (Å²) in [6.07, 6.45) is 0. The quantitative estimate of drug-likeness (QED) is 0.875. The first-order valence-corrected chi connectivity index (χ1v) is 6.51. The summed E-state index contributed by atoms with van der Waals surface area (Å²) in [6, 6.07) is 3.12. The van der Waals surface area contributed by atoms with Crippen molar-refractivity contribution in [3.8, 4) is 0 Å². The van der Waals surface area contributed by atoms with E-state index in [2.05, 4.69) is 5.32 Å². The Morgan fingerprint density at radius 2 is 1.74 bits per heavy atom. The lowest BCUT2D eigenvalue weighted by molar-refractivity contribution is -0.118. The Morgan fingerprint density at radius 1 is 1.26 bits per heavy atom. The Balaban J connectivity index is 2.98. The van der Waals surface area contributed by atoms with Gasteiger partial charge in [0, 0.05) is 5.69 Å². The van der Waals surface area contributed by atoms with Crippen LogP contribution in [0.4, 0.5) is 18.9 Å². The fourth-order valence-corrected chi connectivity index (χ4v) is 1.95. The smallest absolute Gasteiger partial charge is 0.374 e. The van der Waals surface area contributed by atoms with Gasteiger partial charge < -0.3 is 11.1 Å². The van der Waals surface area contributed by atoms with Gasteiger partial charge in [-0.15, -0.1) is 0 Å². The van der Waals surface area contributed by atoms with Crippen LogP contribution in [0.1, 0.15) is 6.92 Å². The van der Waals surface area contributed by atoms with Crippen molar-refractivity contribution >= 4 is 21.4 Å². The molecule has 0 radical (unpaired) electrons. The zero-order valence-electron chi connectivity index (χ0n) is 9.73. The van der Waals surface area contributed by atoms with E-state index in [-0.39, 0.29) is 5.69 Å². The number of anilines is 1. The molecule has 0 aliphatic heterocycles. The van der Waals surface area contributed by atoms with Crippen LogP contribution < -0.4 is 11.1 Å². The van der Waals surface area contributed by atoms with Gasteiger partial charge in [0.1, 0.15) is 6.04 Å². The first-order chi connectivity index (χ1) is 8.55. The van der Waals surface area contributed by atoms with E-state index in [1.54, 1.807) is 0 Å². The summed E-state index contributed by atoms with van der Waals surface area (Å²) in [5.74, 6) is -0.646. The molecule has 5 nitrogen and oxygen atoms in total. The van der Waals surface area contributed by atoms with Gasteiger partial charge in [0.15, 0.2) is 0 Å². The van der Waals surface area contributed by atoms with Crippen LogP contribution in [-0.4, -0.2) is 25.9 Å². The van der Waals surface area contributed by atoms with Crippen molar-refractivity contribution in [2.75, 3.05) is 5.32 Å². The molecule has 1 rings (SSSR count). The largest absolute Gasteiger partial charge is 0.501 e. The van der Waals surface area contributed by atoms with Crippen molar-refractivity contribution in [1.29, 1.82) is 0 Å². The summed E-state index contributed by atoms with van der Waals surface area (Å²) >= 11 is 0. The maximum Gasteiger partial charge on any atom is 0.501 e. The fraction of sp³-hybridized carbons (Fsp3) is 0.300. The van der Waals surface area contributed by atoms with Crippen LogP contribution in [0.2, 0.25) is 0 Å². The number of nitrogens with one attached hydrogen (secondary N) is 1. The van der Waals surface area contributed by atoms with E-state index < -0.39 is 32.2 Å². The van der Waals surface area contributed by atoms with E-state index in [1.807, 2.05) is 0 Å². The first kappa shape index (κ1) is 15.3. The molecular weight excluding hydrogens is 285 g/mol. The maximum atomic E-state index is 12.3. The second kappa shape index (κ2) is 5.08. The van der Waals surface area contributed by atoms with Crippen LogP contribution in [0.3, 0.4) is 0 Å². The predicted octanol–water partition coefficient (Wildman–Crippen LogP) is 1.27. The van der Waals surface area contributed by atoms with Gasteiger partial charge >= 0.3 is 5.51 Å². The van der Waals surface area contributed by atoms with Crippen LogP contribution in [-0.2, 0) is 14.6 Å². The highest BCUT2D eigenvalue weighted by molar-refractivity contribution is 7.92. The molecule has 1 aromatic rings. The Bertz CT molecular complexity index is 567. The summed E-state index contributed by atoms with van der Waals surface area (Å²) in [5.41, 5.74) is -0.0662. The Kier molecular flexibility index (Phi) is 4.09.